The van der Waals surface area contributed by atoms with E-state index in [2.05, 4.69) is 38.7 Å². The standard InChI is InChI=1S/C15H19BrN2O2/c1-9-14(17-6-7-20-9)15(19)18-13-5-2-10-8-11(16)3-4-12(10)13/h3-4,8-9,13-14,17H,2,5-7H2,1H3,(H,18,19)/t9-,13?,14+/m1/s1. The van der Waals surface area contributed by atoms with Crippen molar-refractivity contribution < 1.29 is 9.53 Å². The number of hydrogen-bond acceptors (Lipinski definition) is 3. The first-order valence-electron chi connectivity index (χ1n) is 7.09. The maximum atomic E-state index is 12.4. The van der Waals surface area contributed by atoms with Gasteiger partial charge in [0.2, 0.25) is 5.91 Å². The molecule has 0 aromatic heterocycles. The van der Waals surface area contributed by atoms with Crippen LogP contribution in [-0.2, 0) is 16.0 Å². The number of amides is 1. The highest BCUT2D eigenvalue weighted by molar-refractivity contribution is 9.10. The molecule has 0 spiro atoms. The maximum Gasteiger partial charge on any atom is 0.240 e. The van der Waals surface area contributed by atoms with Gasteiger partial charge in [0.1, 0.15) is 6.04 Å². The number of benzene rings is 1. The second-order valence-corrected chi connectivity index (χ2v) is 6.37. The van der Waals surface area contributed by atoms with E-state index in [0.717, 1.165) is 23.9 Å². The number of rotatable bonds is 2. The minimum absolute atomic E-state index is 0.0398. The van der Waals surface area contributed by atoms with Gasteiger partial charge in [0, 0.05) is 11.0 Å². The van der Waals surface area contributed by atoms with Gasteiger partial charge in [0.15, 0.2) is 0 Å². The lowest BCUT2D eigenvalue weighted by atomic mass is 10.1. The van der Waals surface area contributed by atoms with Crippen molar-refractivity contribution in [3.05, 3.63) is 33.8 Å². The second-order valence-electron chi connectivity index (χ2n) is 5.45. The Morgan fingerprint density at radius 3 is 3.15 bits per heavy atom. The molecule has 2 aliphatic rings. The number of hydrogen-bond donors (Lipinski definition) is 2. The third kappa shape index (κ3) is 2.75. The topological polar surface area (TPSA) is 50.4 Å². The number of fused-ring (bicyclic) bond motifs is 1. The second kappa shape index (κ2) is 5.84. The molecule has 1 aliphatic carbocycles. The van der Waals surface area contributed by atoms with Crippen LogP contribution in [0.15, 0.2) is 22.7 Å². The summed E-state index contributed by atoms with van der Waals surface area (Å²) < 4.78 is 6.63. The van der Waals surface area contributed by atoms with Gasteiger partial charge in [-0.2, -0.15) is 0 Å². The molecular weight excluding hydrogens is 320 g/mol. The van der Waals surface area contributed by atoms with E-state index >= 15 is 0 Å². The minimum atomic E-state index is -0.247. The molecule has 3 atom stereocenters. The first-order valence-corrected chi connectivity index (χ1v) is 7.88. The Kier molecular flexibility index (Phi) is 4.10. The summed E-state index contributed by atoms with van der Waals surface area (Å²) in [6.07, 6.45) is 1.91. The van der Waals surface area contributed by atoms with Crippen LogP contribution in [0.25, 0.3) is 0 Å². The molecule has 20 heavy (non-hydrogen) atoms. The molecule has 1 fully saturated rings. The van der Waals surface area contributed by atoms with Crippen LogP contribution in [0.4, 0.5) is 0 Å². The summed E-state index contributed by atoms with van der Waals surface area (Å²) in [5.41, 5.74) is 2.57. The number of nitrogens with one attached hydrogen (secondary N) is 2. The predicted octanol–water partition coefficient (Wildman–Crippen LogP) is 1.93. The number of morpholine rings is 1. The molecular formula is C15H19BrN2O2. The van der Waals surface area contributed by atoms with Crippen molar-refractivity contribution in [2.45, 2.75) is 38.0 Å². The van der Waals surface area contributed by atoms with E-state index in [4.69, 9.17) is 4.74 Å². The Balaban J connectivity index is 1.69. The van der Waals surface area contributed by atoms with Crippen molar-refractivity contribution in [3.63, 3.8) is 0 Å². The van der Waals surface area contributed by atoms with E-state index in [0.29, 0.717) is 6.61 Å². The van der Waals surface area contributed by atoms with Crippen LogP contribution in [0.1, 0.15) is 30.5 Å². The number of carbonyl (C=O) groups excluding carboxylic acids is 1. The van der Waals surface area contributed by atoms with E-state index in [9.17, 15) is 4.79 Å². The third-order valence-electron chi connectivity index (χ3n) is 4.10. The first kappa shape index (κ1) is 14.0. The smallest absolute Gasteiger partial charge is 0.240 e. The fraction of sp³-hybridized carbons (Fsp3) is 0.533. The highest BCUT2D eigenvalue weighted by Gasteiger charge is 2.31. The molecule has 3 rings (SSSR count). The third-order valence-corrected chi connectivity index (χ3v) is 4.59. The van der Waals surface area contributed by atoms with Crippen molar-refractivity contribution >= 4 is 21.8 Å². The van der Waals surface area contributed by atoms with Crippen LogP contribution in [-0.4, -0.2) is 31.2 Å². The molecule has 1 saturated heterocycles. The highest BCUT2D eigenvalue weighted by atomic mass is 79.9. The molecule has 0 radical (unpaired) electrons. The Bertz CT molecular complexity index is 521. The van der Waals surface area contributed by atoms with Crippen molar-refractivity contribution in [1.82, 2.24) is 10.6 Å². The number of carbonyl (C=O) groups is 1. The lowest BCUT2D eigenvalue weighted by Crippen LogP contribution is -2.55. The van der Waals surface area contributed by atoms with Gasteiger partial charge in [-0.1, -0.05) is 22.0 Å². The summed E-state index contributed by atoms with van der Waals surface area (Å²) >= 11 is 3.49. The van der Waals surface area contributed by atoms with Gasteiger partial charge in [-0.25, -0.2) is 0 Å². The molecule has 1 heterocycles. The zero-order valence-corrected chi connectivity index (χ0v) is 13.1. The SMILES string of the molecule is C[C@H]1OCCN[C@@H]1C(=O)NC1CCc2cc(Br)ccc21. The quantitative estimate of drug-likeness (QED) is 0.866. The van der Waals surface area contributed by atoms with E-state index in [1.807, 2.05) is 13.0 Å². The monoisotopic (exact) mass is 338 g/mol. The van der Waals surface area contributed by atoms with Crippen LogP contribution in [0.3, 0.4) is 0 Å². The summed E-state index contributed by atoms with van der Waals surface area (Å²) in [6, 6.07) is 6.16. The van der Waals surface area contributed by atoms with Crippen molar-refractivity contribution in [2.24, 2.45) is 0 Å². The summed E-state index contributed by atoms with van der Waals surface area (Å²) in [5, 5.41) is 6.39. The van der Waals surface area contributed by atoms with Gasteiger partial charge < -0.3 is 15.4 Å². The van der Waals surface area contributed by atoms with E-state index < -0.39 is 0 Å². The zero-order valence-electron chi connectivity index (χ0n) is 11.5. The van der Waals surface area contributed by atoms with Crippen LogP contribution in [0, 0.1) is 0 Å². The Hall–Kier alpha value is -0.910. The number of aryl methyl sites for hydroxylation is 1. The van der Waals surface area contributed by atoms with Crippen molar-refractivity contribution in [2.75, 3.05) is 13.2 Å². The molecule has 4 nitrogen and oxygen atoms in total. The fourth-order valence-electron chi connectivity index (χ4n) is 3.02. The van der Waals surface area contributed by atoms with Crippen molar-refractivity contribution in [3.8, 4) is 0 Å². The fourth-order valence-corrected chi connectivity index (χ4v) is 3.43. The molecule has 1 amide bonds. The normalized spacial score (nSPS) is 29.0. The summed E-state index contributed by atoms with van der Waals surface area (Å²) in [5.74, 6) is 0.0398. The predicted molar refractivity (Wildman–Crippen MR) is 80.6 cm³/mol. The summed E-state index contributed by atoms with van der Waals surface area (Å²) in [4.78, 5) is 12.4. The van der Waals surface area contributed by atoms with Crippen LogP contribution in [0.5, 0.6) is 0 Å². The van der Waals surface area contributed by atoms with Gasteiger partial charge >= 0.3 is 0 Å². The summed E-state index contributed by atoms with van der Waals surface area (Å²) in [6.45, 7) is 3.35. The average molecular weight is 339 g/mol. The lowest BCUT2D eigenvalue weighted by Gasteiger charge is -2.30. The molecule has 1 unspecified atom stereocenters. The molecule has 1 aliphatic heterocycles. The number of ether oxygens (including phenoxy) is 1. The molecule has 108 valence electrons. The molecule has 0 saturated carbocycles. The molecule has 1 aromatic carbocycles. The zero-order chi connectivity index (χ0) is 14.1. The average Bonchev–Trinajstić information content (AvgIpc) is 2.81. The minimum Gasteiger partial charge on any atom is -0.375 e. The molecule has 1 aromatic rings. The van der Waals surface area contributed by atoms with Gasteiger partial charge in [0.25, 0.3) is 0 Å². The van der Waals surface area contributed by atoms with Crippen LogP contribution in [0.2, 0.25) is 0 Å². The van der Waals surface area contributed by atoms with Gasteiger partial charge in [-0.05, 0) is 43.0 Å². The van der Waals surface area contributed by atoms with E-state index in [1.54, 1.807) is 0 Å². The van der Waals surface area contributed by atoms with E-state index in [-0.39, 0.29) is 24.1 Å². The first-order chi connectivity index (χ1) is 9.65. The lowest BCUT2D eigenvalue weighted by molar-refractivity contribution is -0.129. The summed E-state index contributed by atoms with van der Waals surface area (Å²) in [7, 11) is 0. The highest BCUT2D eigenvalue weighted by Crippen LogP contribution is 2.33. The number of halogens is 1. The van der Waals surface area contributed by atoms with Crippen molar-refractivity contribution in [1.29, 1.82) is 0 Å². The Labute approximate surface area is 127 Å². The Morgan fingerprint density at radius 2 is 2.35 bits per heavy atom. The largest absolute Gasteiger partial charge is 0.375 e. The van der Waals surface area contributed by atoms with Crippen LogP contribution >= 0.6 is 15.9 Å². The van der Waals surface area contributed by atoms with Crippen LogP contribution < -0.4 is 10.6 Å². The van der Waals surface area contributed by atoms with Gasteiger partial charge in [-0.15, -0.1) is 0 Å². The van der Waals surface area contributed by atoms with E-state index in [1.165, 1.54) is 11.1 Å². The maximum absolute atomic E-state index is 12.4. The van der Waals surface area contributed by atoms with Gasteiger partial charge in [0.05, 0.1) is 18.8 Å². The molecule has 5 heteroatoms. The molecule has 2 N–H and O–H groups in total. The van der Waals surface area contributed by atoms with Gasteiger partial charge in [-0.3, -0.25) is 4.79 Å². The molecule has 0 bridgehead atoms. The Morgan fingerprint density at radius 1 is 1.50 bits per heavy atom.